The minimum atomic E-state index is -0.757. The number of nitrogens with two attached hydrogens (primary N) is 4. The molecule has 0 rings (SSSR count). The van der Waals surface area contributed by atoms with Crippen LogP contribution in [0, 0.1) is 0 Å². The Morgan fingerprint density at radius 2 is 1.86 bits per heavy atom. The molecule has 9 N–H and O–H groups in total. The second-order valence-electron chi connectivity index (χ2n) is 4.92. The Kier molecular flexibility index (Phi) is 10.8. The fourth-order valence-corrected chi connectivity index (χ4v) is 1.81. The van der Waals surface area contributed by atoms with Crippen LogP contribution in [-0.4, -0.2) is 50.1 Å². The van der Waals surface area contributed by atoms with Gasteiger partial charge in [0.1, 0.15) is 6.04 Å². The highest BCUT2D eigenvalue weighted by atomic mass is 16.5. The molecule has 2 unspecified atom stereocenters. The van der Waals surface area contributed by atoms with Crippen LogP contribution in [0.1, 0.15) is 32.1 Å². The number of hydrogen-bond acceptors (Lipinski definition) is 6. The van der Waals surface area contributed by atoms with Crippen molar-refractivity contribution in [2.45, 2.75) is 44.2 Å². The summed E-state index contributed by atoms with van der Waals surface area (Å²) in [7, 11) is 1.26. The molecule has 0 aromatic carbocycles. The van der Waals surface area contributed by atoms with Gasteiger partial charge in [-0.15, -0.1) is 0 Å². The Morgan fingerprint density at radius 3 is 2.41 bits per heavy atom. The number of nitrogens with zero attached hydrogens (tertiary/aromatic N) is 1. The monoisotopic (exact) mass is 316 g/mol. The Bertz CT molecular complexity index is 371. The average molecular weight is 316 g/mol. The lowest BCUT2D eigenvalue weighted by atomic mass is 10.1. The standard InChI is InChI=1S/C13H28N6O3/c1-22-12(21)10(6-4-8-18-13(16)17)19-11(20)9(15)5-2-3-7-14/h9-10H,2-8,14-15H2,1H3,(H,19,20)(H4,16,17,18). The Morgan fingerprint density at radius 1 is 1.18 bits per heavy atom. The molecule has 0 saturated carbocycles. The van der Waals surface area contributed by atoms with Gasteiger partial charge in [-0.3, -0.25) is 9.79 Å². The smallest absolute Gasteiger partial charge is 0.328 e. The van der Waals surface area contributed by atoms with E-state index in [0.29, 0.717) is 32.4 Å². The summed E-state index contributed by atoms with van der Waals surface area (Å²) in [4.78, 5) is 27.5. The van der Waals surface area contributed by atoms with Crippen molar-refractivity contribution in [3.8, 4) is 0 Å². The summed E-state index contributed by atoms with van der Waals surface area (Å²) >= 11 is 0. The maximum atomic E-state index is 12.0. The van der Waals surface area contributed by atoms with Gasteiger partial charge in [0.15, 0.2) is 5.96 Å². The van der Waals surface area contributed by atoms with Crippen LogP contribution < -0.4 is 28.3 Å². The van der Waals surface area contributed by atoms with Crippen LogP contribution in [0.25, 0.3) is 0 Å². The first-order valence-electron chi connectivity index (χ1n) is 7.31. The fraction of sp³-hybridized carbons (Fsp3) is 0.769. The van der Waals surface area contributed by atoms with Crippen molar-refractivity contribution < 1.29 is 14.3 Å². The highest BCUT2D eigenvalue weighted by Crippen LogP contribution is 2.03. The van der Waals surface area contributed by atoms with Crippen molar-refractivity contribution in [3.05, 3.63) is 0 Å². The molecule has 9 nitrogen and oxygen atoms in total. The third kappa shape index (κ3) is 9.14. The van der Waals surface area contributed by atoms with Gasteiger partial charge in [-0.25, -0.2) is 4.79 Å². The number of carbonyl (C=O) groups is 2. The maximum Gasteiger partial charge on any atom is 0.328 e. The fourth-order valence-electron chi connectivity index (χ4n) is 1.81. The molecule has 22 heavy (non-hydrogen) atoms. The predicted molar refractivity (Wildman–Crippen MR) is 84.7 cm³/mol. The number of carbonyl (C=O) groups excluding carboxylic acids is 2. The van der Waals surface area contributed by atoms with Crippen LogP contribution in [0.3, 0.4) is 0 Å². The van der Waals surface area contributed by atoms with E-state index in [1.165, 1.54) is 7.11 Å². The quantitative estimate of drug-likeness (QED) is 0.129. The van der Waals surface area contributed by atoms with Crippen molar-refractivity contribution in [2.24, 2.45) is 27.9 Å². The van der Waals surface area contributed by atoms with E-state index in [-0.39, 0.29) is 11.9 Å². The molecule has 0 radical (unpaired) electrons. The molecule has 2 atom stereocenters. The molecule has 1 amide bonds. The van der Waals surface area contributed by atoms with Crippen LogP contribution in [0.15, 0.2) is 4.99 Å². The molecule has 0 aromatic heterocycles. The van der Waals surface area contributed by atoms with Gasteiger partial charge in [0.05, 0.1) is 13.2 Å². The summed E-state index contributed by atoms with van der Waals surface area (Å²) in [6.07, 6.45) is 2.98. The van der Waals surface area contributed by atoms with E-state index in [1.807, 2.05) is 0 Å². The maximum absolute atomic E-state index is 12.0. The Labute approximate surface area is 130 Å². The van der Waals surface area contributed by atoms with Gasteiger partial charge in [0.25, 0.3) is 0 Å². The van der Waals surface area contributed by atoms with Gasteiger partial charge >= 0.3 is 5.97 Å². The second kappa shape index (κ2) is 11.8. The lowest BCUT2D eigenvalue weighted by Crippen LogP contribution is -2.48. The average Bonchev–Trinajstić information content (AvgIpc) is 2.49. The molecule has 0 fully saturated rings. The molecule has 0 aliphatic heterocycles. The summed E-state index contributed by atoms with van der Waals surface area (Å²) in [5.74, 6) is -0.915. The van der Waals surface area contributed by atoms with Crippen LogP contribution in [0.2, 0.25) is 0 Å². The third-order valence-electron chi connectivity index (χ3n) is 3.05. The summed E-state index contributed by atoms with van der Waals surface area (Å²) < 4.78 is 4.67. The van der Waals surface area contributed by atoms with Gasteiger partial charge in [0, 0.05) is 6.54 Å². The molecule has 0 aliphatic carbocycles. The lowest BCUT2D eigenvalue weighted by Gasteiger charge is -2.19. The molecule has 0 bridgehead atoms. The molecule has 0 aliphatic rings. The number of rotatable bonds is 11. The first-order valence-corrected chi connectivity index (χ1v) is 7.31. The number of guanidine groups is 1. The van der Waals surface area contributed by atoms with Gasteiger partial charge in [-0.05, 0) is 32.2 Å². The van der Waals surface area contributed by atoms with Crippen molar-refractivity contribution >= 4 is 17.8 Å². The zero-order chi connectivity index (χ0) is 17.0. The first-order chi connectivity index (χ1) is 10.4. The van der Waals surface area contributed by atoms with Crippen molar-refractivity contribution in [1.29, 1.82) is 0 Å². The van der Waals surface area contributed by atoms with Gasteiger partial charge in [0.2, 0.25) is 5.91 Å². The number of ether oxygens (including phenoxy) is 1. The molecule has 0 spiro atoms. The van der Waals surface area contributed by atoms with Crippen molar-refractivity contribution in [3.63, 3.8) is 0 Å². The van der Waals surface area contributed by atoms with E-state index >= 15 is 0 Å². The van der Waals surface area contributed by atoms with Gasteiger partial charge < -0.3 is 33.0 Å². The van der Waals surface area contributed by atoms with Gasteiger partial charge in [-0.1, -0.05) is 6.42 Å². The van der Waals surface area contributed by atoms with Crippen molar-refractivity contribution in [2.75, 3.05) is 20.2 Å². The molecule has 0 saturated heterocycles. The third-order valence-corrected chi connectivity index (χ3v) is 3.05. The number of methoxy groups -OCH3 is 1. The largest absolute Gasteiger partial charge is 0.467 e. The van der Waals surface area contributed by atoms with Crippen LogP contribution in [0.4, 0.5) is 0 Å². The Hall–Kier alpha value is -1.87. The minimum Gasteiger partial charge on any atom is -0.467 e. The predicted octanol–water partition coefficient (Wildman–Crippen LogP) is -1.85. The summed E-state index contributed by atoms with van der Waals surface area (Å²) in [6.45, 7) is 0.929. The number of hydrogen-bond donors (Lipinski definition) is 5. The summed E-state index contributed by atoms with van der Waals surface area (Å²) in [5.41, 5.74) is 21.6. The topological polar surface area (TPSA) is 172 Å². The molecule has 9 heteroatoms. The van der Waals surface area contributed by atoms with E-state index in [1.54, 1.807) is 0 Å². The normalized spacial score (nSPS) is 13.0. The Balaban J connectivity index is 4.35. The van der Waals surface area contributed by atoms with Crippen LogP contribution in [-0.2, 0) is 14.3 Å². The van der Waals surface area contributed by atoms with E-state index in [0.717, 1.165) is 12.8 Å². The van der Waals surface area contributed by atoms with E-state index in [9.17, 15) is 9.59 Å². The number of esters is 1. The van der Waals surface area contributed by atoms with E-state index in [2.05, 4.69) is 15.0 Å². The molecule has 0 heterocycles. The highest BCUT2D eigenvalue weighted by molar-refractivity contribution is 5.87. The van der Waals surface area contributed by atoms with Crippen molar-refractivity contribution in [1.82, 2.24) is 5.32 Å². The number of unbranched alkanes of at least 4 members (excludes halogenated alkanes) is 1. The molecular weight excluding hydrogens is 288 g/mol. The van der Waals surface area contributed by atoms with Crippen LogP contribution in [0.5, 0.6) is 0 Å². The minimum absolute atomic E-state index is 0.0134. The molecular formula is C13H28N6O3. The number of aliphatic imine (C=N–C) groups is 1. The van der Waals surface area contributed by atoms with Gasteiger partial charge in [-0.2, -0.15) is 0 Å². The zero-order valence-corrected chi connectivity index (χ0v) is 13.1. The van der Waals surface area contributed by atoms with Crippen LogP contribution >= 0.6 is 0 Å². The van der Waals surface area contributed by atoms with E-state index in [4.69, 9.17) is 22.9 Å². The highest BCUT2D eigenvalue weighted by Gasteiger charge is 2.23. The number of nitrogens with one attached hydrogen (secondary N) is 1. The molecule has 0 aromatic rings. The SMILES string of the molecule is COC(=O)C(CCCN=C(N)N)NC(=O)C(N)CCCCN. The lowest BCUT2D eigenvalue weighted by molar-refractivity contribution is -0.145. The summed E-state index contributed by atoms with van der Waals surface area (Å²) in [5, 5.41) is 2.60. The number of amides is 1. The first kappa shape index (κ1) is 20.1. The zero-order valence-electron chi connectivity index (χ0n) is 13.1. The molecule has 128 valence electrons. The second-order valence-corrected chi connectivity index (χ2v) is 4.92. The summed E-state index contributed by atoms with van der Waals surface area (Å²) in [6, 6.07) is -1.43. The van der Waals surface area contributed by atoms with E-state index < -0.39 is 18.1 Å².